The van der Waals surface area contributed by atoms with Crippen molar-refractivity contribution in [1.29, 1.82) is 0 Å². The van der Waals surface area contributed by atoms with Crippen LogP contribution in [0.5, 0.6) is 0 Å². The molecule has 1 aliphatic rings. The highest BCUT2D eigenvalue weighted by molar-refractivity contribution is 5.40. The van der Waals surface area contributed by atoms with Crippen molar-refractivity contribution in [3.63, 3.8) is 0 Å². The molecule has 2 aromatic rings. The summed E-state index contributed by atoms with van der Waals surface area (Å²) in [5.41, 5.74) is 1.98. The average Bonchev–Trinajstić information content (AvgIpc) is 2.69. The number of hydrogen-bond donors (Lipinski definition) is 2. The molecule has 5 heteroatoms. The summed E-state index contributed by atoms with van der Waals surface area (Å²) in [6, 6.07) is 9.85. The molecule has 1 aliphatic carbocycles. The first-order valence-electron chi connectivity index (χ1n) is 8.26. The van der Waals surface area contributed by atoms with Gasteiger partial charge in [-0.05, 0) is 44.2 Å². The van der Waals surface area contributed by atoms with E-state index in [1.165, 1.54) is 28.2 Å². The van der Waals surface area contributed by atoms with E-state index in [1.54, 1.807) is 0 Å². The number of nitrogens with zero attached hydrogens (tertiary/aromatic N) is 1. The number of nitrogens with one attached hydrogen (secondary N) is 2. The van der Waals surface area contributed by atoms with Gasteiger partial charge in [0.05, 0.1) is 6.04 Å². The van der Waals surface area contributed by atoms with Crippen LogP contribution in [-0.4, -0.2) is 9.55 Å². The Labute approximate surface area is 135 Å². The van der Waals surface area contributed by atoms with Gasteiger partial charge in [0.25, 0.3) is 5.56 Å². The zero-order chi connectivity index (χ0) is 16.4. The number of aryl methyl sites for hydroxylation is 1. The Bertz CT molecular complexity index is 773. The lowest BCUT2D eigenvalue weighted by Crippen LogP contribution is -2.36. The van der Waals surface area contributed by atoms with E-state index in [9.17, 15) is 9.59 Å². The maximum atomic E-state index is 12.2. The first-order valence-corrected chi connectivity index (χ1v) is 8.26. The molecule has 0 saturated heterocycles. The van der Waals surface area contributed by atoms with Gasteiger partial charge in [-0.2, -0.15) is 0 Å². The number of fused-ring (bicyclic) bond motifs is 1. The third-order valence-electron chi connectivity index (χ3n) is 4.43. The van der Waals surface area contributed by atoms with Crippen LogP contribution in [0.25, 0.3) is 0 Å². The molecule has 122 valence electrons. The molecule has 1 aromatic carbocycles. The van der Waals surface area contributed by atoms with Crippen LogP contribution >= 0.6 is 0 Å². The maximum absolute atomic E-state index is 12.2. The highest BCUT2D eigenvalue weighted by Crippen LogP contribution is 2.30. The quantitative estimate of drug-likeness (QED) is 0.856. The Balaban J connectivity index is 1.94. The highest BCUT2D eigenvalue weighted by atomic mass is 16.2. The first kappa shape index (κ1) is 15.6. The van der Waals surface area contributed by atoms with Gasteiger partial charge < -0.3 is 5.32 Å². The second-order valence-electron chi connectivity index (χ2n) is 6.43. The Kier molecular flexibility index (Phi) is 4.37. The number of H-pyrrole nitrogens is 1. The standard InChI is InChI=1S/C18H23N3O2/c1-12(2)21-17(22)11-16(20-18(21)23)19-15-10-6-4-8-13-7-3-5-9-14(13)15/h3,5,7,9,11-12,15,19H,4,6,8,10H2,1-2H3,(H,20,23)/t15-/m1/s1. The number of aromatic amines is 1. The molecule has 0 aliphatic heterocycles. The summed E-state index contributed by atoms with van der Waals surface area (Å²) in [7, 11) is 0. The highest BCUT2D eigenvalue weighted by Gasteiger charge is 2.19. The Hall–Kier alpha value is -2.30. The van der Waals surface area contributed by atoms with Crippen molar-refractivity contribution in [3.05, 3.63) is 62.3 Å². The van der Waals surface area contributed by atoms with Crippen molar-refractivity contribution >= 4 is 5.82 Å². The van der Waals surface area contributed by atoms with E-state index in [2.05, 4.69) is 28.5 Å². The van der Waals surface area contributed by atoms with Crippen molar-refractivity contribution in [1.82, 2.24) is 9.55 Å². The minimum absolute atomic E-state index is 0.124. The van der Waals surface area contributed by atoms with E-state index in [-0.39, 0.29) is 23.3 Å². The van der Waals surface area contributed by atoms with Gasteiger partial charge in [0, 0.05) is 12.1 Å². The van der Waals surface area contributed by atoms with Gasteiger partial charge in [-0.15, -0.1) is 0 Å². The normalized spacial score (nSPS) is 17.6. The first-order chi connectivity index (χ1) is 11.1. The fraction of sp³-hybridized carbons (Fsp3) is 0.444. The van der Waals surface area contributed by atoms with Crippen LogP contribution in [0.4, 0.5) is 5.82 Å². The van der Waals surface area contributed by atoms with Crippen molar-refractivity contribution in [2.75, 3.05) is 5.32 Å². The van der Waals surface area contributed by atoms with Crippen molar-refractivity contribution < 1.29 is 0 Å². The molecule has 0 radical (unpaired) electrons. The Morgan fingerprint density at radius 1 is 1.22 bits per heavy atom. The lowest BCUT2D eigenvalue weighted by molar-refractivity contribution is 0.545. The maximum Gasteiger partial charge on any atom is 0.330 e. The smallest absolute Gasteiger partial charge is 0.330 e. The van der Waals surface area contributed by atoms with E-state index >= 15 is 0 Å². The van der Waals surface area contributed by atoms with Crippen LogP contribution in [0.3, 0.4) is 0 Å². The van der Waals surface area contributed by atoms with Crippen LogP contribution in [0.2, 0.25) is 0 Å². The molecular formula is C18H23N3O2. The molecular weight excluding hydrogens is 290 g/mol. The van der Waals surface area contributed by atoms with Crippen LogP contribution in [0, 0.1) is 0 Å². The van der Waals surface area contributed by atoms with E-state index in [0.29, 0.717) is 5.82 Å². The summed E-state index contributed by atoms with van der Waals surface area (Å²) < 4.78 is 1.23. The van der Waals surface area contributed by atoms with Crippen LogP contribution in [-0.2, 0) is 6.42 Å². The topological polar surface area (TPSA) is 66.9 Å². The largest absolute Gasteiger partial charge is 0.365 e. The molecule has 0 unspecified atom stereocenters. The third kappa shape index (κ3) is 3.23. The van der Waals surface area contributed by atoms with Gasteiger partial charge in [0.1, 0.15) is 5.82 Å². The fourth-order valence-electron chi connectivity index (χ4n) is 3.33. The van der Waals surface area contributed by atoms with Crippen LogP contribution in [0.15, 0.2) is 39.9 Å². The summed E-state index contributed by atoms with van der Waals surface area (Å²) in [4.78, 5) is 27.1. The number of benzene rings is 1. The van der Waals surface area contributed by atoms with E-state index in [1.807, 2.05) is 19.9 Å². The fourth-order valence-corrected chi connectivity index (χ4v) is 3.33. The Morgan fingerprint density at radius 2 is 2.00 bits per heavy atom. The summed E-state index contributed by atoms with van der Waals surface area (Å²) in [6.45, 7) is 3.65. The molecule has 0 bridgehead atoms. The van der Waals surface area contributed by atoms with Crippen LogP contribution < -0.4 is 16.6 Å². The number of anilines is 1. The van der Waals surface area contributed by atoms with Gasteiger partial charge >= 0.3 is 5.69 Å². The molecule has 1 heterocycles. The van der Waals surface area contributed by atoms with Gasteiger partial charge in [-0.3, -0.25) is 14.3 Å². The van der Waals surface area contributed by atoms with E-state index in [4.69, 9.17) is 0 Å². The van der Waals surface area contributed by atoms with Crippen molar-refractivity contribution in [2.24, 2.45) is 0 Å². The van der Waals surface area contributed by atoms with E-state index < -0.39 is 0 Å². The molecule has 5 nitrogen and oxygen atoms in total. The monoisotopic (exact) mass is 313 g/mol. The second-order valence-corrected chi connectivity index (χ2v) is 6.43. The number of aromatic nitrogens is 2. The van der Waals surface area contributed by atoms with Gasteiger partial charge in [-0.25, -0.2) is 4.79 Å². The molecule has 1 atom stereocenters. The molecule has 0 fully saturated rings. The zero-order valence-corrected chi connectivity index (χ0v) is 13.6. The zero-order valence-electron chi connectivity index (χ0n) is 13.6. The van der Waals surface area contributed by atoms with Gasteiger partial charge in [-0.1, -0.05) is 30.7 Å². The van der Waals surface area contributed by atoms with Crippen molar-refractivity contribution in [2.45, 2.75) is 51.6 Å². The predicted octanol–water partition coefficient (Wildman–Crippen LogP) is 3.00. The molecule has 1 aromatic heterocycles. The molecule has 23 heavy (non-hydrogen) atoms. The number of rotatable bonds is 3. The minimum Gasteiger partial charge on any atom is -0.365 e. The van der Waals surface area contributed by atoms with Gasteiger partial charge in [0.15, 0.2) is 0 Å². The summed E-state index contributed by atoms with van der Waals surface area (Å²) in [5.74, 6) is 0.499. The summed E-state index contributed by atoms with van der Waals surface area (Å²) in [6.07, 6.45) is 4.37. The lowest BCUT2D eigenvalue weighted by atomic mass is 9.99. The lowest BCUT2D eigenvalue weighted by Gasteiger charge is -2.20. The third-order valence-corrected chi connectivity index (χ3v) is 4.43. The van der Waals surface area contributed by atoms with Crippen LogP contribution in [0.1, 0.15) is 56.3 Å². The minimum atomic E-state index is -0.364. The summed E-state index contributed by atoms with van der Waals surface area (Å²) >= 11 is 0. The second kappa shape index (κ2) is 6.44. The SMILES string of the molecule is CC(C)n1c(=O)cc(N[C@@H]2CCCCc3ccccc32)[nH]c1=O. The number of hydrogen-bond acceptors (Lipinski definition) is 3. The predicted molar refractivity (Wildman–Crippen MR) is 92.1 cm³/mol. The Morgan fingerprint density at radius 3 is 2.74 bits per heavy atom. The van der Waals surface area contributed by atoms with Gasteiger partial charge in [0.2, 0.25) is 0 Å². The molecule has 0 saturated carbocycles. The van der Waals surface area contributed by atoms with E-state index in [0.717, 1.165) is 19.3 Å². The summed E-state index contributed by atoms with van der Waals surface area (Å²) in [5, 5.41) is 3.36. The molecule has 0 spiro atoms. The van der Waals surface area contributed by atoms with Crippen molar-refractivity contribution in [3.8, 4) is 0 Å². The molecule has 3 rings (SSSR count). The molecule has 0 amide bonds. The molecule has 2 N–H and O–H groups in total. The average molecular weight is 313 g/mol.